The molecule has 0 bridgehead atoms. The Hall–Kier alpha value is -1.96. The van der Waals surface area contributed by atoms with Gasteiger partial charge in [0.1, 0.15) is 5.82 Å². The molecule has 0 atom stereocenters. The maximum Gasteiger partial charge on any atom is 0.130 e. The largest absolute Gasteiger partial charge is 0.264 e. The number of rotatable bonds is 3. The maximum absolute atomic E-state index is 14.0. The molecule has 98 valence electrons. The lowest BCUT2D eigenvalue weighted by Gasteiger charge is -2.09. The standard InChI is InChI=1S/C17H18FN/c1-4-14(10-15-7-8-19-11-13(15)3)16-6-5-12(2)9-17(16)18/h5-11H,4H2,1-3H3/b14-10+. The van der Waals surface area contributed by atoms with E-state index in [0.717, 1.165) is 28.7 Å². The molecule has 0 aliphatic carbocycles. The van der Waals surface area contributed by atoms with Crippen LogP contribution >= 0.6 is 0 Å². The lowest BCUT2D eigenvalue weighted by molar-refractivity contribution is 0.622. The first-order valence-electron chi connectivity index (χ1n) is 6.49. The van der Waals surface area contributed by atoms with Crippen LogP contribution in [0.3, 0.4) is 0 Å². The molecular formula is C17H18FN. The van der Waals surface area contributed by atoms with Crippen molar-refractivity contribution in [1.29, 1.82) is 0 Å². The second-order valence-corrected chi connectivity index (χ2v) is 4.74. The van der Waals surface area contributed by atoms with Crippen molar-refractivity contribution in [2.75, 3.05) is 0 Å². The molecule has 0 amide bonds. The van der Waals surface area contributed by atoms with Crippen LogP contribution < -0.4 is 0 Å². The topological polar surface area (TPSA) is 12.9 Å². The molecular weight excluding hydrogens is 237 g/mol. The smallest absolute Gasteiger partial charge is 0.130 e. The normalized spacial score (nSPS) is 11.7. The number of allylic oxidation sites excluding steroid dienone is 1. The second-order valence-electron chi connectivity index (χ2n) is 4.74. The van der Waals surface area contributed by atoms with Gasteiger partial charge in [0.2, 0.25) is 0 Å². The Balaban J connectivity index is 2.48. The molecule has 0 radical (unpaired) electrons. The third kappa shape index (κ3) is 3.08. The van der Waals surface area contributed by atoms with Gasteiger partial charge in [-0.3, -0.25) is 4.98 Å². The zero-order valence-corrected chi connectivity index (χ0v) is 11.6. The number of aryl methyl sites for hydroxylation is 2. The number of aromatic nitrogens is 1. The van der Waals surface area contributed by atoms with Gasteiger partial charge < -0.3 is 0 Å². The lowest BCUT2D eigenvalue weighted by atomic mass is 9.98. The SMILES string of the molecule is CC/C(=C\c1ccncc1C)c1ccc(C)cc1F. The van der Waals surface area contributed by atoms with Gasteiger partial charge in [-0.2, -0.15) is 0 Å². The van der Waals surface area contributed by atoms with Crippen molar-refractivity contribution in [2.24, 2.45) is 0 Å². The van der Waals surface area contributed by atoms with Crippen molar-refractivity contribution >= 4 is 11.6 Å². The molecule has 2 aromatic rings. The highest BCUT2D eigenvalue weighted by atomic mass is 19.1. The molecule has 0 saturated carbocycles. The van der Waals surface area contributed by atoms with Gasteiger partial charge in [-0.05, 0) is 54.7 Å². The number of hydrogen-bond acceptors (Lipinski definition) is 1. The molecule has 1 aromatic carbocycles. The van der Waals surface area contributed by atoms with E-state index in [9.17, 15) is 4.39 Å². The predicted octanol–water partition coefficient (Wildman–Crippen LogP) is 4.79. The van der Waals surface area contributed by atoms with E-state index in [1.54, 1.807) is 12.3 Å². The number of halogens is 1. The van der Waals surface area contributed by atoms with Crippen LogP contribution in [-0.4, -0.2) is 4.98 Å². The molecule has 0 spiro atoms. The fourth-order valence-corrected chi connectivity index (χ4v) is 2.08. The van der Waals surface area contributed by atoms with E-state index in [-0.39, 0.29) is 5.82 Å². The number of hydrogen-bond donors (Lipinski definition) is 0. The lowest BCUT2D eigenvalue weighted by Crippen LogP contribution is -1.91. The first-order valence-corrected chi connectivity index (χ1v) is 6.49. The van der Waals surface area contributed by atoms with Crippen LogP contribution in [0.1, 0.15) is 35.6 Å². The average Bonchev–Trinajstić information content (AvgIpc) is 2.39. The molecule has 2 rings (SSSR count). The van der Waals surface area contributed by atoms with Gasteiger partial charge in [0.15, 0.2) is 0 Å². The van der Waals surface area contributed by atoms with Crippen molar-refractivity contribution in [3.63, 3.8) is 0 Å². The number of pyridine rings is 1. The third-order valence-electron chi connectivity index (χ3n) is 3.24. The molecule has 2 heteroatoms. The monoisotopic (exact) mass is 255 g/mol. The first-order chi connectivity index (χ1) is 9.11. The summed E-state index contributed by atoms with van der Waals surface area (Å²) in [4.78, 5) is 4.08. The summed E-state index contributed by atoms with van der Waals surface area (Å²) in [5.74, 6) is -0.153. The van der Waals surface area contributed by atoms with Crippen molar-refractivity contribution in [2.45, 2.75) is 27.2 Å². The Morgan fingerprint density at radius 3 is 2.68 bits per heavy atom. The minimum atomic E-state index is -0.153. The highest BCUT2D eigenvalue weighted by Gasteiger charge is 2.07. The molecule has 1 nitrogen and oxygen atoms in total. The van der Waals surface area contributed by atoms with Gasteiger partial charge in [-0.15, -0.1) is 0 Å². The van der Waals surface area contributed by atoms with Crippen LogP contribution in [0.5, 0.6) is 0 Å². The van der Waals surface area contributed by atoms with Crippen LogP contribution in [0.25, 0.3) is 11.6 Å². The molecule has 19 heavy (non-hydrogen) atoms. The summed E-state index contributed by atoms with van der Waals surface area (Å²) in [5, 5.41) is 0. The van der Waals surface area contributed by atoms with E-state index in [4.69, 9.17) is 0 Å². The summed E-state index contributed by atoms with van der Waals surface area (Å²) in [5.41, 5.74) is 4.82. The Morgan fingerprint density at radius 2 is 2.05 bits per heavy atom. The molecule has 0 unspecified atom stereocenters. The van der Waals surface area contributed by atoms with Gasteiger partial charge in [-0.1, -0.05) is 25.1 Å². The summed E-state index contributed by atoms with van der Waals surface area (Å²) < 4.78 is 14.0. The van der Waals surface area contributed by atoms with Gasteiger partial charge in [0.25, 0.3) is 0 Å². The summed E-state index contributed by atoms with van der Waals surface area (Å²) in [6, 6.07) is 7.34. The predicted molar refractivity (Wildman–Crippen MR) is 78.3 cm³/mol. The molecule has 0 saturated heterocycles. The minimum Gasteiger partial charge on any atom is -0.264 e. The number of benzene rings is 1. The van der Waals surface area contributed by atoms with E-state index in [1.807, 2.05) is 51.2 Å². The summed E-state index contributed by atoms with van der Waals surface area (Å²) in [7, 11) is 0. The first kappa shape index (κ1) is 13.5. The van der Waals surface area contributed by atoms with Gasteiger partial charge in [0, 0.05) is 18.0 Å². The van der Waals surface area contributed by atoms with E-state index >= 15 is 0 Å². The van der Waals surface area contributed by atoms with Crippen molar-refractivity contribution in [1.82, 2.24) is 4.98 Å². The van der Waals surface area contributed by atoms with Gasteiger partial charge >= 0.3 is 0 Å². The minimum absolute atomic E-state index is 0.153. The Bertz CT molecular complexity index is 614. The van der Waals surface area contributed by atoms with Crippen LogP contribution in [0.2, 0.25) is 0 Å². The van der Waals surface area contributed by atoms with Gasteiger partial charge in [0.05, 0.1) is 0 Å². The Morgan fingerprint density at radius 1 is 1.26 bits per heavy atom. The van der Waals surface area contributed by atoms with Gasteiger partial charge in [-0.25, -0.2) is 4.39 Å². The molecule has 0 aliphatic rings. The van der Waals surface area contributed by atoms with E-state index in [2.05, 4.69) is 4.98 Å². The average molecular weight is 255 g/mol. The fraction of sp³-hybridized carbons (Fsp3) is 0.235. The summed E-state index contributed by atoms with van der Waals surface area (Å²) in [6.07, 6.45) is 6.43. The summed E-state index contributed by atoms with van der Waals surface area (Å²) in [6.45, 7) is 5.95. The van der Waals surface area contributed by atoms with Crippen molar-refractivity contribution in [3.8, 4) is 0 Å². The van der Waals surface area contributed by atoms with Crippen LogP contribution in [-0.2, 0) is 0 Å². The highest BCUT2D eigenvalue weighted by Crippen LogP contribution is 2.25. The molecule has 1 heterocycles. The highest BCUT2D eigenvalue weighted by molar-refractivity contribution is 5.82. The quantitative estimate of drug-likeness (QED) is 0.768. The van der Waals surface area contributed by atoms with E-state index in [1.165, 1.54) is 0 Å². The zero-order valence-electron chi connectivity index (χ0n) is 11.6. The molecule has 0 fully saturated rings. The van der Waals surface area contributed by atoms with Crippen LogP contribution in [0.4, 0.5) is 4.39 Å². The van der Waals surface area contributed by atoms with Crippen molar-refractivity contribution < 1.29 is 4.39 Å². The third-order valence-corrected chi connectivity index (χ3v) is 3.24. The van der Waals surface area contributed by atoms with Crippen molar-refractivity contribution in [3.05, 3.63) is 64.7 Å². The molecule has 0 aliphatic heterocycles. The Labute approximate surface area is 113 Å². The fourth-order valence-electron chi connectivity index (χ4n) is 2.08. The van der Waals surface area contributed by atoms with E-state index in [0.29, 0.717) is 5.56 Å². The zero-order chi connectivity index (χ0) is 13.8. The Kier molecular flexibility index (Phi) is 4.10. The molecule has 1 aromatic heterocycles. The van der Waals surface area contributed by atoms with Crippen LogP contribution in [0.15, 0.2) is 36.7 Å². The van der Waals surface area contributed by atoms with Crippen LogP contribution in [0, 0.1) is 19.7 Å². The summed E-state index contributed by atoms with van der Waals surface area (Å²) >= 11 is 0. The maximum atomic E-state index is 14.0. The van der Waals surface area contributed by atoms with E-state index < -0.39 is 0 Å². The number of nitrogens with zero attached hydrogens (tertiary/aromatic N) is 1. The second kappa shape index (κ2) is 5.79. The molecule has 0 N–H and O–H groups in total.